The number of aliphatic hydroxyl groups excluding tert-OH is 1. The first-order chi connectivity index (χ1) is 10.2. The molecule has 0 spiro atoms. The number of aliphatic hydroxyl groups is 1. The molecule has 0 aliphatic heterocycles. The van der Waals surface area contributed by atoms with Crippen molar-refractivity contribution in [2.24, 2.45) is 0 Å². The molecule has 112 valence electrons. The molecular weight excluding hydrogens is 289 g/mol. The summed E-state index contributed by atoms with van der Waals surface area (Å²) in [6.45, 7) is 0.758. The minimum atomic E-state index is -1.25. The molecule has 0 aliphatic carbocycles. The molecule has 0 aliphatic rings. The van der Waals surface area contributed by atoms with Gasteiger partial charge in [0, 0.05) is 13.2 Å². The highest BCUT2D eigenvalue weighted by molar-refractivity contribution is 7.83. The molecular formula is C16H18FNO2S. The van der Waals surface area contributed by atoms with E-state index < -0.39 is 11.0 Å². The summed E-state index contributed by atoms with van der Waals surface area (Å²) >= 11 is 0. The van der Waals surface area contributed by atoms with Crippen molar-refractivity contribution in [1.29, 1.82) is 0 Å². The topological polar surface area (TPSA) is 49.3 Å². The van der Waals surface area contributed by atoms with Crippen LogP contribution in [0.1, 0.15) is 12.8 Å². The predicted molar refractivity (Wildman–Crippen MR) is 82.6 cm³/mol. The van der Waals surface area contributed by atoms with E-state index in [1.165, 1.54) is 12.1 Å². The molecule has 3 nitrogen and oxygen atoms in total. The van der Waals surface area contributed by atoms with E-state index in [-0.39, 0.29) is 12.4 Å². The van der Waals surface area contributed by atoms with Gasteiger partial charge in [-0.15, -0.1) is 0 Å². The number of unbranched alkanes of at least 4 members (excludes halogenated alkanes) is 1. The molecule has 2 N–H and O–H groups in total. The van der Waals surface area contributed by atoms with Crippen molar-refractivity contribution in [2.75, 3.05) is 13.2 Å². The Labute approximate surface area is 126 Å². The summed E-state index contributed by atoms with van der Waals surface area (Å²) in [6, 6.07) is 13.6. The van der Waals surface area contributed by atoms with Crippen LogP contribution in [0.25, 0.3) is 11.1 Å². The Kier molecular flexibility index (Phi) is 6.04. The van der Waals surface area contributed by atoms with Crippen LogP contribution in [-0.4, -0.2) is 22.5 Å². The molecule has 2 rings (SSSR count). The molecule has 0 saturated heterocycles. The van der Waals surface area contributed by atoms with Gasteiger partial charge in [0.15, 0.2) is 0 Å². The molecule has 1 unspecified atom stereocenters. The highest BCUT2D eigenvalue weighted by Gasteiger charge is 2.04. The fraction of sp³-hybridized carbons (Fsp3) is 0.250. The van der Waals surface area contributed by atoms with Gasteiger partial charge in [-0.3, -0.25) is 0 Å². The highest BCUT2D eigenvalue weighted by atomic mass is 32.2. The van der Waals surface area contributed by atoms with Crippen LogP contribution in [-0.2, 0) is 11.0 Å². The number of hydrogen-bond acceptors (Lipinski definition) is 2. The predicted octanol–water partition coefficient (Wildman–Crippen LogP) is 2.88. The Morgan fingerprint density at radius 2 is 1.52 bits per heavy atom. The van der Waals surface area contributed by atoms with E-state index in [4.69, 9.17) is 5.11 Å². The third kappa shape index (κ3) is 4.74. The zero-order valence-electron chi connectivity index (χ0n) is 11.6. The maximum Gasteiger partial charge on any atom is 0.124 e. The van der Waals surface area contributed by atoms with Crippen molar-refractivity contribution in [3.63, 3.8) is 0 Å². The van der Waals surface area contributed by atoms with Gasteiger partial charge >= 0.3 is 0 Å². The summed E-state index contributed by atoms with van der Waals surface area (Å²) in [5.41, 5.74) is 1.88. The van der Waals surface area contributed by atoms with Crippen LogP contribution in [0, 0.1) is 5.82 Å². The number of nitrogens with one attached hydrogen (secondary N) is 1. The summed E-state index contributed by atoms with van der Waals surface area (Å²) in [4.78, 5) is 0.699. The molecule has 5 heteroatoms. The molecule has 1 atom stereocenters. The number of rotatable bonds is 7. The van der Waals surface area contributed by atoms with E-state index in [0.717, 1.165) is 17.5 Å². The van der Waals surface area contributed by atoms with Crippen molar-refractivity contribution in [1.82, 2.24) is 4.72 Å². The molecule has 0 fully saturated rings. The zero-order chi connectivity index (χ0) is 15.1. The molecule has 0 heterocycles. The molecule has 0 radical (unpaired) electrons. The molecule has 0 bridgehead atoms. The molecule has 0 aromatic heterocycles. The minimum absolute atomic E-state index is 0.153. The lowest BCUT2D eigenvalue weighted by molar-refractivity contribution is 0.285. The van der Waals surface area contributed by atoms with Crippen molar-refractivity contribution >= 4 is 11.0 Å². The van der Waals surface area contributed by atoms with Crippen LogP contribution in [0.2, 0.25) is 0 Å². The fourth-order valence-electron chi connectivity index (χ4n) is 1.90. The summed E-state index contributed by atoms with van der Waals surface area (Å²) in [6.07, 6.45) is 1.49. The molecule has 0 saturated carbocycles. The monoisotopic (exact) mass is 307 g/mol. The maximum absolute atomic E-state index is 12.9. The number of hydrogen-bond donors (Lipinski definition) is 2. The maximum atomic E-state index is 12.9. The van der Waals surface area contributed by atoms with E-state index >= 15 is 0 Å². The van der Waals surface area contributed by atoms with Gasteiger partial charge in [0.2, 0.25) is 0 Å². The van der Waals surface area contributed by atoms with Crippen LogP contribution >= 0.6 is 0 Å². The van der Waals surface area contributed by atoms with E-state index in [9.17, 15) is 8.60 Å². The Morgan fingerprint density at radius 3 is 2.10 bits per heavy atom. The first-order valence-electron chi connectivity index (χ1n) is 6.83. The first-order valence-corrected chi connectivity index (χ1v) is 7.98. The van der Waals surface area contributed by atoms with E-state index in [1.54, 1.807) is 24.3 Å². The quantitative estimate of drug-likeness (QED) is 0.773. The van der Waals surface area contributed by atoms with Gasteiger partial charge in [0.05, 0.1) is 4.90 Å². The zero-order valence-corrected chi connectivity index (χ0v) is 12.4. The summed E-state index contributed by atoms with van der Waals surface area (Å²) < 4.78 is 27.8. The van der Waals surface area contributed by atoms with Crippen LogP contribution in [0.3, 0.4) is 0 Å². The third-order valence-electron chi connectivity index (χ3n) is 3.06. The number of benzene rings is 2. The van der Waals surface area contributed by atoms with Gasteiger partial charge in [-0.1, -0.05) is 24.3 Å². The first kappa shape index (κ1) is 15.8. The van der Waals surface area contributed by atoms with Crippen LogP contribution < -0.4 is 4.72 Å². The normalized spacial score (nSPS) is 12.3. The van der Waals surface area contributed by atoms with E-state index in [2.05, 4.69) is 4.72 Å². The Balaban J connectivity index is 1.98. The molecule has 2 aromatic rings. The fourth-order valence-corrected chi connectivity index (χ4v) is 2.78. The Morgan fingerprint density at radius 1 is 0.952 bits per heavy atom. The summed E-state index contributed by atoms with van der Waals surface area (Å²) in [5, 5.41) is 8.68. The lowest BCUT2D eigenvalue weighted by Gasteiger charge is -2.06. The largest absolute Gasteiger partial charge is 0.396 e. The van der Waals surface area contributed by atoms with Gasteiger partial charge < -0.3 is 5.11 Å². The van der Waals surface area contributed by atoms with Crippen molar-refractivity contribution in [3.05, 3.63) is 54.3 Å². The third-order valence-corrected chi connectivity index (χ3v) is 4.23. The Bertz CT molecular complexity index is 584. The van der Waals surface area contributed by atoms with Gasteiger partial charge in [-0.2, -0.15) is 0 Å². The van der Waals surface area contributed by atoms with Crippen LogP contribution in [0.5, 0.6) is 0 Å². The molecule has 0 amide bonds. The lowest BCUT2D eigenvalue weighted by Crippen LogP contribution is -2.18. The molecule has 2 aromatic carbocycles. The van der Waals surface area contributed by atoms with Gasteiger partial charge in [-0.25, -0.2) is 13.3 Å². The minimum Gasteiger partial charge on any atom is -0.396 e. The van der Waals surface area contributed by atoms with Crippen molar-refractivity contribution in [2.45, 2.75) is 17.7 Å². The molecule has 21 heavy (non-hydrogen) atoms. The van der Waals surface area contributed by atoms with Gasteiger partial charge in [-0.05, 0) is 48.2 Å². The second-order valence-electron chi connectivity index (χ2n) is 4.63. The van der Waals surface area contributed by atoms with E-state index in [1.807, 2.05) is 12.1 Å². The van der Waals surface area contributed by atoms with Crippen molar-refractivity contribution in [3.8, 4) is 11.1 Å². The van der Waals surface area contributed by atoms with Gasteiger partial charge in [0.1, 0.15) is 16.8 Å². The summed E-state index contributed by atoms with van der Waals surface area (Å²) in [7, 11) is -1.25. The van der Waals surface area contributed by atoms with Crippen LogP contribution in [0.15, 0.2) is 53.4 Å². The second-order valence-corrected chi connectivity index (χ2v) is 5.92. The highest BCUT2D eigenvalue weighted by Crippen LogP contribution is 2.20. The second kappa shape index (κ2) is 8.02. The standard InChI is InChI=1S/C16H18FNO2S/c17-15-7-3-13(4-8-15)14-5-9-16(10-6-14)21(20)18-11-1-2-12-19/h3-10,18-19H,1-2,11-12H2. The average molecular weight is 307 g/mol. The smallest absolute Gasteiger partial charge is 0.124 e. The lowest BCUT2D eigenvalue weighted by atomic mass is 10.1. The van der Waals surface area contributed by atoms with Crippen molar-refractivity contribution < 1.29 is 13.7 Å². The SMILES string of the molecule is O=S(NCCCCO)c1ccc(-c2ccc(F)cc2)cc1. The van der Waals surface area contributed by atoms with Gasteiger partial charge in [0.25, 0.3) is 0 Å². The Hall–Kier alpha value is -1.56. The number of halogens is 1. The van der Waals surface area contributed by atoms with Crippen LogP contribution in [0.4, 0.5) is 4.39 Å². The van der Waals surface area contributed by atoms with E-state index in [0.29, 0.717) is 17.9 Å². The average Bonchev–Trinajstić information content (AvgIpc) is 2.52. The summed E-state index contributed by atoms with van der Waals surface area (Å²) in [5.74, 6) is -0.261.